The molecule has 182 valence electrons. The number of methoxy groups -OCH3 is 1. The van der Waals surface area contributed by atoms with Crippen molar-refractivity contribution in [3.05, 3.63) is 29.8 Å². The number of likely N-dealkylation sites (N-methyl/N-ethyl adjacent to an activating group) is 1. The lowest BCUT2D eigenvalue weighted by atomic mass is 10.0. The van der Waals surface area contributed by atoms with Crippen molar-refractivity contribution in [3.8, 4) is 5.75 Å². The number of rotatable bonds is 15. The molecule has 0 fully saturated rings. The third-order valence-electron chi connectivity index (χ3n) is 4.28. The number of carboxylic acids is 1. The first-order valence-corrected chi connectivity index (χ1v) is 10.8. The van der Waals surface area contributed by atoms with E-state index < -0.39 is 23.7 Å². The van der Waals surface area contributed by atoms with Crippen LogP contribution in [0.1, 0.15) is 33.3 Å². The van der Waals surface area contributed by atoms with E-state index in [0.717, 1.165) is 5.56 Å². The molecule has 1 rings (SSSR count). The molecule has 0 aliphatic rings. The minimum absolute atomic E-state index is 0.162. The molecule has 1 atom stereocenters. The van der Waals surface area contributed by atoms with Gasteiger partial charge in [-0.05, 0) is 45.4 Å². The number of ether oxygens (including phenoxy) is 5. The van der Waals surface area contributed by atoms with Crippen molar-refractivity contribution in [2.45, 2.75) is 45.8 Å². The van der Waals surface area contributed by atoms with Crippen molar-refractivity contribution in [2.24, 2.45) is 0 Å². The molecule has 32 heavy (non-hydrogen) atoms. The van der Waals surface area contributed by atoms with Gasteiger partial charge in [-0.25, -0.2) is 9.59 Å². The van der Waals surface area contributed by atoms with Crippen LogP contribution in [0.3, 0.4) is 0 Å². The molecule has 0 radical (unpaired) electrons. The highest BCUT2D eigenvalue weighted by Gasteiger charge is 2.32. The first kappa shape index (κ1) is 27.7. The van der Waals surface area contributed by atoms with E-state index in [1.165, 1.54) is 4.90 Å². The number of hydrogen-bond donors (Lipinski definition) is 1. The molecule has 0 saturated heterocycles. The lowest BCUT2D eigenvalue weighted by molar-refractivity contribution is -0.143. The molecule has 0 aromatic heterocycles. The average molecular weight is 456 g/mol. The summed E-state index contributed by atoms with van der Waals surface area (Å²) < 4.78 is 26.6. The number of amides is 1. The fraction of sp³-hybridized carbons (Fsp3) is 0.652. The minimum Gasteiger partial charge on any atom is -0.491 e. The van der Waals surface area contributed by atoms with Crippen molar-refractivity contribution < 1.29 is 38.4 Å². The summed E-state index contributed by atoms with van der Waals surface area (Å²) >= 11 is 0. The number of benzene rings is 1. The molecule has 1 unspecified atom stereocenters. The molecule has 1 aromatic carbocycles. The fourth-order valence-corrected chi connectivity index (χ4v) is 2.76. The molecule has 1 aromatic rings. The first-order valence-electron chi connectivity index (χ1n) is 10.8. The number of aliphatic carboxylic acids is 1. The largest absolute Gasteiger partial charge is 0.491 e. The summed E-state index contributed by atoms with van der Waals surface area (Å²) in [6.45, 7) is 10.1. The van der Waals surface area contributed by atoms with Gasteiger partial charge in [0.05, 0.1) is 33.0 Å². The van der Waals surface area contributed by atoms with Crippen molar-refractivity contribution in [1.29, 1.82) is 0 Å². The van der Waals surface area contributed by atoms with Gasteiger partial charge in [-0.2, -0.15) is 0 Å². The Morgan fingerprint density at radius 2 is 1.53 bits per heavy atom. The quantitative estimate of drug-likeness (QED) is 0.403. The minimum atomic E-state index is -1.08. The molecule has 1 amide bonds. The smallest absolute Gasteiger partial charge is 0.411 e. The SMILES string of the molecule is CCN(C(=O)OC(C)(C)C)C(Cc1ccc(OCCOCCOCCOC)cc1)C(=O)O. The second-order valence-corrected chi connectivity index (χ2v) is 8.03. The molecule has 9 nitrogen and oxygen atoms in total. The Morgan fingerprint density at radius 1 is 0.969 bits per heavy atom. The summed E-state index contributed by atoms with van der Waals surface area (Å²) in [5, 5.41) is 9.68. The van der Waals surface area contributed by atoms with E-state index in [-0.39, 0.29) is 13.0 Å². The van der Waals surface area contributed by atoms with Crippen LogP contribution in [0.5, 0.6) is 5.75 Å². The highest BCUT2D eigenvalue weighted by atomic mass is 16.6. The normalized spacial score (nSPS) is 12.3. The van der Waals surface area contributed by atoms with E-state index in [1.54, 1.807) is 59.1 Å². The van der Waals surface area contributed by atoms with Gasteiger partial charge in [-0.3, -0.25) is 4.90 Å². The van der Waals surface area contributed by atoms with Gasteiger partial charge < -0.3 is 28.8 Å². The maximum absolute atomic E-state index is 12.4. The maximum atomic E-state index is 12.4. The fourth-order valence-electron chi connectivity index (χ4n) is 2.76. The van der Waals surface area contributed by atoms with Crippen molar-refractivity contribution >= 4 is 12.1 Å². The summed E-state index contributed by atoms with van der Waals surface area (Å²) in [4.78, 5) is 25.5. The van der Waals surface area contributed by atoms with E-state index >= 15 is 0 Å². The van der Waals surface area contributed by atoms with E-state index in [9.17, 15) is 14.7 Å². The Morgan fingerprint density at radius 3 is 2.03 bits per heavy atom. The van der Waals surface area contributed by atoms with Crippen LogP contribution < -0.4 is 4.74 Å². The lowest BCUT2D eigenvalue weighted by Gasteiger charge is -2.30. The Hall–Kier alpha value is -2.36. The molecule has 0 heterocycles. The molecular weight excluding hydrogens is 418 g/mol. The monoisotopic (exact) mass is 455 g/mol. The van der Waals surface area contributed by atoms with E-state index in [2.05, 4.69) is 0 Å². The van der Waals surface area contributed by atoms with Gasteiger partial charge in [0.2, 0.25) is 0 Å². The zero-order valence-corrected chi connectivity index (χ0v) is 19.8. The number of nitrogens with zero attached hydrogens (tertiary/aromatic N) is 1. The lowest BCUT2D eigenvalue weighted by Crippen LogP contribution is -2.48. The highest BCUT2D eigenvalue weighted by molar-refractivity contribution is 5.80. The number of hydrogen-bond acceptors (Lipinski definition) is 7. The summed E-state index contributed by atoms with van der Waals surface area (Å²) in [5.41, 5.74) is 0.0732. The van der Waals surface area contributed by atoms with Crippen molar-refractivity contribution in [1.82, 2.24) is 4.90 Å². The third-order valence-corrected chi connectivity index (χ3v) is 4.28. The maximum Gasteiger partial charge on any atom is 0.411 e. The molecule has 0 aliphatic carbocycles. The van der Waals surface area contributed by atoms with Gasteiger partial charge in [0.15, 0.2) is 0 Å². The van der Waals surface area contributed by atoms with Crippen molar-refractivity contribution in [2.75, 3.05) is 53.3 Å². The van der Waals surface area contributed by atoms with E-state index in [4.69, 9.17) is 23.7 Å². The predicted molar refractivity (Wildman–Crippen MR) is 119 cm³/mol. The highest BCUT2D eigenvalue weighted by Crippen LogP contribution is 2.18. The topological polar surface area (TPSA) is 104 Å². The van der Waals surface area contributed by atoms with Crippen LogP contribution in [0, 0.1) is 0 Å². The van der Waals surface area contributed by atoms with Gasteiger partial charge >= 0.3 is 12.1 Å². The zero-order chi connectivity index (χ0) is 24.0. The van der Waals surface area contributed by atoms with Crippen LogP contribution >= 0.6 is 0 Å². The number of carboxylic acid groups (broad SMARTS) is 1. The Balaban J connectivity index is 2.50. The Kier molecular flexibility index (Phi) is 12.7. The second kappa shape index (κ2) is 14.7. The van der Waals surface area contributed by atoms with E-state index in [1.807, 2.05) is 0 Å². The second-order valence-electron chi connectivity index (χ2n) is 8.03. The van der Waals surface area contributed by atoms with Crippen LogP contribution in [-0.4, -0.2) is 87.0 Å². The molecule has 0 bridgehead atoms. The molecular formula is C23H37NO8. The summed E-state index contributed by atoms with van der Waals surface area (Å²) in [6, 6.07) is 6.09. The van der Waals surface area contributed by atoms with Crippen LogP contribution in [0.4, 0.5) is 4.79 Å². The Bertz CT molecular complexity index is 672. The summed E-state index contributed by atoms with van der Waals surface area (Å²) in [5.74, 6) is -0.429. The number of carbonyl (C=O) groups is 2. The molecule has 9 heteroatoms. The summed E-state index contributed by atoms with van der Waals surface area (Å²) in [7, 11) is 1.62. The van der Waals surface area contributed by atoms with Gasteiger partial charge in [0, 0.05) is 20.1 Å². The molecule has 0 spiro atoms. The van der Waals surface area contributed by atoms with Crippen LogP contribution in [0.2, 0.25) is 0 Å². The molecule has 0 saturated carbocycles. The first-order chi connectivity index (χ1) is 15.2. The van der Waals surface area contributed by atoms with Gasteiger partial charge in [-0.1, -0.05) is 12.1 Å². The summed E-state index contributed by atoms with van der Waals surface area (Å²) in [6.07, 6.45) is -0.481. The van der Waals surface area contributed by atoms with Crippen molar-refractivity contribution in [3.63, 3.8) is 0 Å². The van der Waals surface area contributed by atoms with Gasteiger partial charge in [0.1, 0.15) is 24.0 Å². The average Bonchev–Trinajstić information content (AvgIpc) is 2.72. The van der Waals surface area contributed by atoms with Gasteiger partial charge in [0.25, 0.3) is 0 Å². The van der Waals surface area contributed by atoms with Crippen LogP contribution in [0.25, 0.3) is 0 Å². The zero-order valence-electron chi connectivity index (χ0n) is 19.8. The molecule has 1 N–H and O–H groups in total. The van der Waals surface area contributed by atoms with Crippen LogP contribution in [-0.2, 0) is 30.2 Å². The number of carbonyl (C=O) groups excluding carboxylic acids is 1. The third kappa shape index (κ3) is 11.3. The molecule has 0 aliphatic heterocycles. The van der Waals surface area contributed by atoms with Crippen LogP contribution in [0.15, 0.2) is 24.3 Å². The van der Waals surface area contributed by atoms with E-state index in [0.29, 0.717) is 45.4 Å². The predicted octanol–water partition coefficient (Wildman–Crippen LogP) is 3.00. The standard InChI is InChI=1S/C23H37NO8/c1-6-24(22(27)32-23(2,3)4)20(21(25)26)17-18-7-9-19(10-8-18)31-16-15-30-14-13-29-12-11-28-5/h7-10,20H,6,11-17H2,1-5H3,(H,25,26). The van der Waals surface area contributed by atoms with Gasteiger partial charge in [-0.15, -0.1) is 0 Å². The Labute approximate surface area is 190 Å².